The Morgan fingerprint density at radius 1 is 1.12 bits per heavy atom. The Kier molecular flexibility index (Phi) is 8.19. The number of likely N-dealkylation sites (N-methyl/N-ethyl adjacent to an activating group) is 1. The number of rotatable bonds is 2. The number of hydrogen-bond donors (Lipinski definition) is 0. The Bertz CT molecular complexity index is 617. The van der Waals surface area contributed by atoms with Crippen LogP contribution < -0.4 is 0 Å². The van der Waals surface area contributed by atoms with Gasteiger partial charge in [0.2, 0.25) is 12.3 Å². The molecule has 0 spiro atoms. The molecule has 3 rings (SSSR count). The number of benzene rings is 1. The van der Waals surface area contributed by atoms with Crippen LogP contribution in [0.5, 0.6) is 0 Å². The summed E-state index contributed by atoms with van der Waals surface area (Å²) in [6.07, 6.45) is 4.07. The molecule has 0 radical (unpaired) electrons. The van der Waals surface area contributed by atoms with Gasteiger partial charge in [0.15, 0.2) is 0 Å². The highest BCUT2D eigenvalue weighted by molar-refractivity contribution is 5.83. The van der Waals surface area contributed by atoms with Gasteiger partial charge in [0, 0.05) is 19.4 Å². The maximum atomic E-state index is 11.5. The second-order valence-corrected chi connectivity index (χ2v) is 5.10. The minimum atomic E-state index is -0.254. The maximum Gasteiger partial charge on any atom is 0.243 e. The second kappa shape index (κ2) is 10.2. The van der Waals surface area contributed by atoms with Crippen molar-refractivity contribution in [1.29, 1.82) is 0 Å². The third kappa shape index (κ3) is 5.19. The van der Waals surface area contributed by atoms with Gasteiger partial charge in [-0.1, -0.05) is 50.2 Å². The number of hydrogen-bond acceptors (Lipinski definition) is 3. The molecule has 0 saturated carbocycles. The lowest BCUT2D eigenvalue weighted by atomic mass is 10.1. The van der Waals surface area contributed by atoms with Gasteiger partial charge in [-0.3, -0.25) is 14.6 Å². The van der Waals surface area contributed by atoms with Gasteiger partial charge < -0.3 is 9.80 Å². The normalized spacial score (nSPS) is 15.8. The largest absolute Gasteiger partial charge is 0.320 e. The maximum absolute atomic E-state index is 11.5. The summed E-state index contributed by atoms with van der Waals surface area (Å²) in [5, 5.41) is 0. The molecule has 5 nitrogen and oxygen atoms in total. The molecule has 1 aromatic heterocycles. The number of aryl methyl sites for hydroxylation is 1. The van der Waals surface area contributed by atoms with Gasteiger partial charge in [-0.15, -0.1) is 0 Å². The highest BCUT2D eigenvalue weighted by atomic mass is 16.2. The summed E-state index contributed by atoms with van der Waals surface area (Å²) >= 11 is 0. The van der Waals surface area contributed by atoms with Crippen LogP contribution in [0.15, 0.2) is 54.9 Å². The third-order valence-electron chi connectivity index (χ3n) is 3.43. The molecule has 0 bridgehead atoms. The smallest absolute Gasteiger partial charge is 0.243 e. The third-order valence-corrected chi connectivity index (χ3v) is 3.43. The summed E-state index contributed by atoms with van der Waals surface area (Å²) in [6, 6.07) is 13.5. The number of carbonyl (C=O) groups excluding carboxylic acids is 2. The van der Waals surface area contributed by atoms with Crippen LogP contribution in [0, 0.1) is 6.92 Å². The molecule has 1 unspecified atom stereocenters. The monoisotopic (exact) mass is 327 g/mol. The molecule has 2 amide bonds. The van der Waals surface area contributed by atoms with E-state index in [1.165, 1.54) is 10.5 Å². The van der Waals surface area contributed by atoms with Crippen LogP contribution >= 0.6 is 0 Å². The van der Waals surface area contributed by atoms with Gasteiger partial charge in [0.25, 0.3) is 0 Å². The van der Waals surface area contributed by atoms with E-state index in [9.17, 15) is 9.59 Å². The number of amides is 2. The van der Waals surface area contributed by atoms with E-state index in [-0.39, 0.29) is 18.6 Å². The lowest BCUT2D eigenvalue weighted by Crippen LogP contribution is -2.28. The van der Waals surface area contributed by atoms with E-state index >= 15 is 0 Å². The van der Waals surface area contributed by atoms with Crippen molar-refractivity contribution in [3.8, 4) is 0 Å². The zero-order valence-corrected chi connectivity index (χ0v) is 14.7. The molecule has 2 heterocycles. The Labute approximate surface area is 143 Å². The van der Waals surface area contributed by atoms with Crippen molar-refractivity contribution in [3.05, 3.63) is 66.0 Å². The minimum Gasteiger partial charge on any atom is -0.320 e. The van der Waals surface area contributed by atoms with E-state index < -0.39 is 0 Å². The Hall–Kier alpha value is -2.69. The highest BCUT2D eigenvalue weighted by Crippen LogP contribution is 2.27. The topological polar surface area (TPSA) is 53.5 Å². The molecule has 128 valence electrons. The summed E-state index contributed by atoms with van der Waals surface area (Å²) in [6.45, 7) is 6.19. The lowest BCUT2D eigenvalue weighted by Gasteiger charge is -2.24. The molecular formula is C19H25N3O2. The molecule has 1 saturated heterocycles. The van der Waals surface area contributed by atoms with Gasteiger partial charge in [-0.2, -0.15) is 0 Å². The van der Waals surface area contributed by atoms with Crippen molar-refractivity contribution in [2.75, 3.05) is 13.6 Å². The van der Waals surface area contributed by atoms with Crippen LogP contribution in [-0.4, -0.2) is 40.7 Å². The molecule has 0 N–H and O–H groups in total. The lowest BCUT2D eigenvalue weighted by molar-refractivity contribution is -0.126. The highest BCUT2D eigenvalue weighted by Gasteiger charge is 2.35. The van der Waals surface area contributed by atoms with Gasteiger partial charge >= 0.3 is 0 Å². The molecule has 1 aromatic carbocycles. The van der Waals surface area contributed by atoms with Crippen LogP contribution in [0.4, 0.5) is 0 Å². The van der Waals surface area contributed by atoms with Crippen LogP contribution in [0.2, 0.25) is 0 Å². The van der Waals surface area contributed by atoms with E-state index in [1.54, 1.807) is 18.1 Å². The van der Waals surface area contributed by atoms with Crippen LogP contribution in [0.1, 0.15) is 31.1 Å². The number of aromatic nitrogens is 1. The van der Waals surface area contributed by atoms with Crippen LogP contribution in [0.3, 0.4) is 0 Å². The van der Waals surface area contributed by atoms with Crippen molar-refractivity contribution in [1.82, 2.24) is 14.8 Å². The van der Waals surface area contributed by atoms with E-state index in [4.69, 9.17) is 0 Å². The Morgan fingerprint density at radius 2 is 1.79 bits per heavy atom. The number of carbonyl (C=O) groups is 2. The number of pyridine rings is 1. The molecule has 0 aliphatic carbocycles. The fourth-order valence-electron chi connectivity index (χ4n) is 2.30. The molecule has 2 aromatic rings. The van der Waals surface area contributed by atoms with E-state index in [1.807, 2.05) is 69.4 Å². The minimum absolute atomic E-state index is 0.0315. The van der Waals surface area contributed by atoms with Crippen LogP contribution in [0.25, 0.3) is 0 Å². The number of nitrogens with zero attached hydrogens (tertiary/aromatic N) is 3. The Balaban J connectivity index is 0.000000268. The molecule has 5 heteroatoms. The van der Waals surface area contributed by atoms with E-state index in [0.717, 1.165) is 12.0 Å². The quantitative estimate of drug-likeness (QED) is 0.797. The standard InChI is InChI=1S/C11H12N2O2.C6H7N.C2H6/c1-12-10(15)7-13(8-14)11(12)9-5-3-2-4-6-9;1-6-3-2-4-7-5-6;1-2/h2-6,8,11H,7H2,1H3;2-5H,1H3;1-2H3. The SMILES string of the molecule is CC.CN1C(=O)CN(C=O)C1c1ccccc1.Cc1cccnc1. The molecule has 1 atom stereocenters. The molecule has 1 fully saturated rings. The molecule has 1 aliphatic heterocycles. The van der Waals surface area contributed by atoms with Gasteiger partial charge in [0.05, 0.1) is 0 Å². The fourth-order valence-corrected chi connectivity index (χ4v) is 2.30. The van der Waals surface area contributed by atoms with Gasteiger partial charge in [-0.05, 0) is 24.1 Å². The van der Waals surface area contributed by atoms with Crippen molar-refractivity contribution >= 4 is 12.3 Å². The van der Waals surface area contributed by atoms with E-state index in [0.29, 0.717) is 0 Å². The molecule has 1 aliphatic rings. The first-order chi connectivity index (χ1) is 11.6. The predicted octanol–water partition coefficient (Wildman–Crippen LogP) is 3.03. The zero-order valence-electron chi connectivity index (χ0n) is 14.7. The first-order valence-electron chi connectivity index (χ1n) is 8.01. The average Bonchev–Trinajstić information content (AvgIpc) is 2.93. The van der Waals surface area contributed by atoms with Crippen molar-refractivity contribution < 1.29 is 9.59 Å². The fraction of sp³-hybridized carbons (Fsp3) is 0.316. The zero-order chi connectivity index (χ0) is 17.9. The summed E-state index contributed by atoms with van der Waals surface area (Å²) in [5.41, 5.74) is 2.17. The van der Waals surface area contributed by atoms with E-state index in [2.05, 4.69) is 4.98 Å². The summed E-state index contributed by atoms with van der Waals surface area (Å²) in [4.78, 5) is 29.3. The van der Waals surface area contributed by atoms with Crippen molar-refractivity contribution in [2.24, 2.45) is 0 Å². The van der Waals surface area contributed by atoms with Gasteiger partial charge in [0.1, 0.15) is 12.7 Å². The molecular weight excluding hydrogens is 302 g/mol. The Morgan fingerprint density at radius 3 is 2.25 bits per heavy atom. The van der Waals surface area contributed by atoms with Gasteiger partial charge in [-0.25, -0.2) is 0 Å². The average molecular weight is 327 g/mol. The molecule has 24 heavy (non-hydrogen) atoms. The first kappa shape index (κ1) is 19.4. The summed E-state index contributed by atoms with van der Waals surface area (Å²) in [5.74, 6) is -0.0315. The summed E-state index contributed by atoms with van der Waals surface area (Å²) < 4.78 is 0. The van der Waals surface area contributed by atoms with Crippen LogP contribution in [-0.2, 0) is 9.59 Å². The first-order valence-corrected chi connectivity index (χ1v) is 8.01. The summed E-state index contributed by atoms with van der Waals surface area (Å²) in [7, 11) is 1.71. The predicted molar refractivity (Wildman–Crippen MR) is 95.0 cm³/mol. The van der Waals surface area contributed by atoms with Crippen molar-refractivity contribution in [3.63, 3.8) is 0 Å². The van der Waals surface area contributed by atoms with Crippen molar-refractivity contribution in [2.45, 2.75) is 26.9 Å². The second-order valence-electron chi connectivity index (χ2n) is 5.10.